The van der Waals surface area contributed by atoms with E-state index < -0.39 is 0 Å². The molecule has 1 heterocycles. The number of halogens is 2. The lowest BCUT2D eigenvalue weighted by atomic mass is 10.0. The zero-order valence-corrected chi connectivity index (χ0v) is 14.0. The maximum absolute atomic E-state index is 6.40. The first-order valence-electron chi connectivity index (χ1n) is 6.90. The molecule has 0 spiro atoms. The van der Waals surface area contributed by atoms with Crippen molar-refractivity contribution in [2.45, 2.75) is 32.7 Å². The Balaban J connectivity index is 2.33. The van der Waals surface area contributed by atoms with Gasteiger partial charge in [0.25, 0.3) is 0 Å². The first kappa shape index (κ1) is 16.3. The van der Waals surface area contributed by atoms with Gasteiger partial charge in [0, 0.05) is 18.5 Å². The fourth-order valence-corrected chi connectivity index (χ4v) is 3.15. The molecule has 2 aromatic rings. The summed E-state index contributed by atoms with van der Waals surface area (Å²) in [7, 11) is 1.89. The smallest absolute Gasteiger partial charge is 0.0850 e. The molecule has 1 unspecified atom stereocenters. The fraction of sp³-hybridized carbons (Fsp3) is 0.400. The van der Waals surface area contributed by atoms with E-state index in [1.54, 1.807) is 0 Å². The van der Waals surface area contributed by atoms with Gasteiger partial charge in [-0.05, 0) is 30.5 Å². The van der Waals surface area contributed by atoms with Crippen LogP contribution < -0.4 is 11.3 Å². The highest BCUT2D eigenvalue weighted by molar-refractivity contribution is 6.32. The van der Waals surface area contributed by atoms with E-state index in [-0.39, 0.29) is 6.04 Å². The molecule has 0 radical (unpaired) electrons. The number of benzene rings is 1. The lowest BCUT2D eigenvalue weighted by Gasteiger charge is -2.18. The zero-order valence-electron chi connectivity index (χ0n) is 12.5. The normalized spacial score (nSPS) is 12.7. The first-order chi connectivity index (χ1) is 9.97. The molecular formula is C15H20Cl2N4. The topological polar surface area (TPSA) is 55.9 Å². The summed E-state index contributed by atoms with van der Waals surface area (Å²) in [5, 5.41) is 5.84. The van der Waals surface area contributed by atoms with Crippen molar-refractivity contribution < 1.29 is 0 Å². The van der Waals surface area contributed by atoms with Gasteiger partial charge in [-0.3, -0.25) is 16.0 Å². The van der Waals surface area contributed by atoms with Gasteiger partial charge in [-0.25, -0.2) is 0 Å². The van der Waals surface area contributed by atoms with E-state index in [0.29, 0.717) is 16.5 Å². The molecule has 2 rings (SSSR count). The van der Waals surface area contributed by atoms with Crippen LogP contribution >= 0.6 is 23.2 Å². The number of rotatable bonds is 5. The summed E-state index contributed by atoms with van der Waals surface area (Å²) < 4.78 is 1.81. The Labute approximate surface area is 135 Å². The molecule has 0 amide bonds. The predicted molar refractivity (Wildman–Crippen MR) is 87.6 cm³/mol. The average Bonchev–Trinajstić information content (AvgIpc) is 2.72. The van der Waals surface area contributed by atoms with Crippen LogP contribution in [0.4, 0.5) is 0 Å². The number of hydrogen-bond donors (Lipinski definition) is 2. The Morgan fingerprint density at radius 2 is 2.10 bits per heavy atom. The predicted octanol–water partition coefficient (Wildman–Crippen LogP) is 3.34. The number of aromatic nitrogens is 2. The standard InChI is InChI=1S/C15H20Cl2N4/c1-4-12-15(17)14(21(3)20-12)8-13(19-18)10-6-5-9(2)7-11(10)16/h5-7,13,19H,4,8,18H2,1-3H3. The average molecular weight is 327 g/mol. The molecule has 0 aliphatic heterocycles. The summed E-state index contributed by atoms with van der Waals surface area (Å²) >= 11 is 12.7. The van der Waals surface area contributed by atoms with Gasteiger partial charge in [-0.15, -0.1) is 0 Å². The number of aryl methyl sites for hydroxylation is 3. The minimum Gasteiger partial charge on any atom is -0.271 e. The van der Waals surface area contributed by atoms with Crippen molar-refractivity contribution in [2.75, 3.05) is 0 Å². The van der Waals surface area contributed by atoms with Crippen molar-refractivity contribution in [3.05, 3.63) is 50.8 Å². The van der Waals surface area contributed by atoms with E-state index in [4.69, 9.17) is 29.0 Å². The van der Waals surface area contributed by atoms with Crippen LogP contribution in [0.2, 0.25) is 10.0 Å². The van der Waals surface area contributed by atoms with Crippen molar-refractivity contribution in [1.82, 2.24) is 15.2 Å². The molecule has 0 bridgehead atoms. The quantitative estimate of drug-likeness (QED) is 0.654. The lowest BCUT2D eigenvalue weighted by Crippen LogP contribution is -2.30. The fourth-order valence-electron chi connectivity index (χ4n) is 2.41. The van der Waals surface area contributed by atoms with E-state index in [9.17, 15) is 0 Å². The first-order valence-corrected chi connectivity index (χ1v) is 7.65. The second-order valence-corrected chi connectivity index (χ2v) is 5.92. The highest BCUT2D eigenvalue weighted by atomic mass is 35.5. The highest BCUT2D eigenvalue weighted by Crippen LogP contribution is 2.29. The van der Waals surface area contributed by atoms with Crippen LogP contribution in [0, 0.1) is 6.92 Å². The molecule has 1 atom stereocenters. The molecule has 1 aromatic carbocycles. The van der Waals surface area contributed by atoms with Gasteiger partial charge in [-0.1, -0.05) is 42.3 Å². The molecule has 0 aliphatic carbocycles. The van der Waals surface area contributed by atoms with Crippen LogP contribution in [0.25, 0.3) is 0 Å². The molecule has 21 heavy (non-hydrogen) atoms. The summed E-state index contributed by atoms with van der Waals surface area (Å²) in [6.07, 6.45) is 1.43. The molecule has 0 fully saturated rings. The van der Waals surface area contributed by atoms with E-state index >= 15 is 0 Å². The third-order valence-corrected chi connectivity index (χ3v) is 4.40. The maximum Gasteiger partial charge on any atom is 0.0850 e. The SMILES string of the molecule is CCc1nn(C)c(CC(NN)c2ccc(C)cc2Cl)c1Cl. The van der Waals surface area contributed by atoms with Crippen molar-refractivity contribution >= 4 is 23.2 Å². The summed E-state index contributed by atoms with van der Waals surface area (Å²) in [6, 6.07) is 5.83. The highest BCUT2D eigenvalue weighted by Gasteiger charge is 2.20. The van der Waals surface area contributed by atoms with Gasteiger partial charge in [0.15, 0.2) is 0 Å². The molecule has 4 nitrogen and oxygen atoms in total. The molecule has 3 N–H and O–H groups in total. The van der Waals surface area contributed by atoms with Crippen molar-refractivity contribution in [2.24, 2.45) is 12.9 Å². The van der Waals surface area contributed by atoms with Gasteiger partial charge in [0.1, 0.15) is 0 Å². The summed E-state index contributed by atoms with van der Waals surface area (Å²) in [5.41, 5.74) is 6.75. The number of hydrazine groups is 1. The van der Waals surface area contributed by atoms with Gasteiger partial charge in [0.2, 0.25) is 0 Å². The third kappa shape index (κ3) is 3.40. The molecule has 1 aromatic heterocycles. The van der Waals surface area contributed by atoms with Crippen LogP contribution in [0.15, 0.2) is 18.2 Å². The van der Waals surface area contributed by atoms with Crippen LogP contribution in [0.3, 0.4) is 0 Å². The molecule has 0 saturated heterocycles. The van der Waals surface area contributed by atoms with Crippen LogP contribution in [0.5, 0.6) is 0 Å². The monoisotopic (exact) mass is 326 g/mol. The van der Waals surface area contributed by atoms with Gasteiger partial charge >= 0.3 is 0 Å². The molecule has 0 saturated carbocycles. The summed E-state index contributed by atoms with van der Waals surface area (Å²) in [4.78, 5) is 0. The second kappa shape index (κ2) is 6.79. The Morgan fingerprint density at radius 1 is 1.38 bits per heavy atom. The third-order valence-electron chi connectivity index (χ3n) is 3.63. The van der Waals surface area contributed by atoms with Gasteiger partial charge < -0.3 is 0 Å². The Morgan fingerprint density at radius 3 is 2.62 bits per heavy atom. The van der Waals surface area contributed by atoms with E-state index in [1.165, 1.54) is 0 Å². The Hall–Kier alpha value is -1.07. The van der Waals surface area contributed by atoms with Crippen LogP contribution in [-0.4, -0.2) is 9.78 Å². The van der Waals surface area contributed by atoms with Gasteiger partial charge in [-0.2, -0.15) is 5.10 Å². The number of nitrogens with two attached hydrogens (primary N) is 1. The summed E-state index contributed by atoms with van der Waals surface area (Å²) in [6.45, 7) is 4.04. The van der Waals surface area contributed by atoms with Crippen molar-refractivity contribution in [3.63, 3.8) is 0 Å². The summed E-state index contributed by atoms with van der Waals surface area (Å²) in [5.74, 6) is 5.72. The molecule has 6 heteroatoms. The molecule has 114 valence electrons. The lowest BCUT2D eigenvalue weighted by molar-refractivity contribution is 0.530. The largest absolute Gasteiger partial charge is 0.271 e. The molecular weight excluding hydrogens is 307 g/mol. The number of hydrogen-bond acceptors (Lipinski definition) is 3. The van der Waals surface area contributed by atoms with E-state index in [0.717, 1.165) is 28.9 Å². The minimum atomic E-state index is -0.115. The number of nitrogens with zero attached hydrogens (tertiary/aromatic N) is 2. The van der Waals surface area contributed by atoms with E-state index in [2.05, 4.69) is 10.5 Å². The van der Waals surface area contributed by atoms with Gasteiger partial charge in [0.05, 0.1) is 22.5 Å². The van der Waals surface area contributed by atoms with Crippen LogP contribution in [-0.2, 0) is 19.9 Å². The molecule has 0 aliphatic rings. The maximum atomic E-state index is 6.40. The van der Waals surface area contributed by atoms with Crippen molar-refractivity contribution in [1.29, 1.82) is 0 Å². The Bertz CT molecular complexity index is 637. The van der Waals surface area contributed by atoms with Crippen LogP contribution in [0.1, 0.15) is 35.5 Å². The zero-order chi connectivity index (χ0) is 15.6. The van der Waals surface area contributed by atoms with E-state index in [1.807, 2.05) is 43.8 Å². The minimum absolute atomic E-state index is 0.115. The Kier molecular flexibility index (Phi) is 5.27. The second-order valence-electron chi connectivity index (χ2n) is 5.13. The number of nitrogens with one attached hydrogen (secondary N) is 1. The van der Waals surface area contributed by atoms with Crippen molar-refractivity contribution in [3.8, 4) is 0 Å².